The van der Waals surface area contributed by atoms with E-state index >= 15 is 0 Å². The van der Waals surface area contributed by atoms with Gasteiger partial charge in [0.2, 0.25) is 0 Å². The van der Waals surface area contributed by atoms with E-state index in [0.717, 1.165) is 0 Å². The van der Waals surface area contributed by atoms with Crippen LogP contribution in [0, 0.1) is 10.1 Å². The van der Waals surface area contributed by atoms with Crippen LogP contribution < -0.4 is 14.4 Å². The Bertz CT molecular complexity index is 1210. The molecular formula is C21H17N3O6S. The summed E-state index contributed by atoms with van der Waals surface area (Å²) < 4.78 is 17.0. The Labute approximate surface area is 180 Å². The molecule has 1 amide bonds. The molecule has 158 valence electrons. The minimum atomic E-state index is -0.541. The molecule has 2 aromatic heterocycles. The molecule has 31 heavy (non-hydrogen) atoms. The Morgan fingerprint density at radius 1 is 1.16 bits per heavy atom. The number of carbonyl (C=O) groups is 1. The molecule has 0 saturated carbocycles. The third-order valence-electron chi connectivity index (χ3n) is 4.57. The van der Waals surface area contributed by atoms with E-state index in [-0.39, 0.29) is 17.8 Å². The summed E-state index contributed by atoms with van der Waals surface area (Å²) in [6, 6.07) is 12.5. The van der Waals surface area contributed by atoms with E-state index in [1.807, 2.05) is 0 Å². The number of rotatable bonds is 7. The third-order valence-corrected chi connectivity index (χ3v) is 5.67. The van der Waals surface area contributed by atoms with E-state index in [1.165, 1.54) is 53.9 Å². The molecule has 9 nitrogen and oxygen atoms in total. The van der Waals surface area contributed by atoms with Crippen molar-refractivity contribution < 1.29 is 23.6 Å². The molecule has 10 heteroatoms. The molecule has 0 aliphatic rings. The third kappa shape index (κ3) is 3.92. The molecule has 0 fully saturated rings. The van der Waals surface area contributed by atoms with E-state index in [1.54, 1.807) is 31.4 Å². The number of nitro benzene ring substituents is 1. The molecule has 0 saturated heterocycles. The number of nitro groups is 1. The average molecular weight is 439 g/mol. The lowest BCUT2D eigenvalue weighted by atomic mass is 10.2. The summed E-state index contributed by atoms with van der Waals surface area (Å²) in [5, 5.41) is 11.5. The number of amides is 1. The van der Waals surface area contributed by atoms with E-state index in [4.69, 9.17) is 13.9 Å². The summed E-state index contributed by atoms with van der Waals surface area (Å²) in [5.41, 5.74) is 0.550. The number of ether oxygens (including phenoxy) is 2. The van der Waals surface area contributed by atoms with Gasteiger partial charge in [-0.2, -0.15) is 0 Å². The van der Waals surface area contributed by atoms with Gasteiger partial charge in [-0.3, -0.25) is 19.8 Å². The van der Waals surface area contributed by atoms with Gasteiger partial charge in [-0.25, -0.2) is 4.98 Å². The van der Waals surface area contributed by atoms with Gasteiger partial charge in [0.25, 0.3) is 11.6 Å². The summed E-state index contributed by atoms with van der Waals surface area (Å²) in [5.74, 6) is 1.23. The number of furan rings is 1. The Morgan fingerprint density at radius 3 is 2.61 bits per heavy atom. The highest BCUT2D eigenvalue weighted by atomic mass is 32.1. The molecule has 0 aliphatic carbocycles. The molecule has 2 aromatic carbocycles. The number of fused-ring (bicyclic) bond motifs is 1. The lowest BCUT2D eigenvalue weighted by Gasteiger charge is -2.18. The maximum Gasteiger partial charge on any atom is 0.270 e. The van der Waals surface area contributed by atoms with Crippen LogP contribution in [0.2, 0.25) is 0 Å². The minimum absolute atomic E-state index is 0.0962. The number of hydrogen-bond donors (Lipinski definition) is 0. The minimum Gasteiger partial charge on any atom is -0.495 e. The summed E-state index contributed by atoms with van der Waals surface area (Å²) in [6.07, 6.45) is 1.51. The topological polar surface area (TPSA) is 108 Å². The zero-order chi connectivity index (χ0) is 22.0. The Balaban J connectivity index is 1.83. The lowest BCUT2D eigenvalue weighted by molar-refractivity contribution is -0.384. The summed E-state index contributed by atoms with van der Waals surface area (Å²) in [4.78, 5) is 30.1. The monoisotopic (exact) mass is 439 g/mol. The Hall–Kier alpha value is -3.92. The van der Waals surface area contributed by atoms with Gasteiger partial charge in [-0.05, 0) is 30.3 Å². The first-order valence-electron chi connectivity index (χ1n) is 9.12. The van der Waals surface area contributed by atoms with Gasteiger partial charge in [0.1, 0.15) is 27.5 Å². The van der Waals surface area contributed by atoms with Crippen LogP contribution in [0.5, 0.6) is 11.5 Å². The van der Waals surface area contributed by atoms with Crippen LogP contribution in [0.15, 0.2) is 59.2 Å². The Kier molecular flexibility index (Phi) is 5.54. The molecular weight excluding hydrogens is 422 g/mol. The largest absolute Gasteiger partial charge is 0.495 e. The smallest absolute Gasteiger partial charge is 0.270 e. The first-order valence-corrected chi connectivity index (χ1v) is 9.93. The first kappa shape index (κ1) is 20.4. The number of carbonyl (C=O) groups excluding carboxylic acids is 1. The number of anilines is 1. The molecule has 0 N–H and O–H groups in total. The van der Waals surface area contributed by atoms with E-state index in [9.17, 15) is 14.9 Å². The average Bonchev–Trinajstić information content (AvgIpc) is 3.46. The maximum atomic E-state index is 13.4. The number of thiazole rings is 1. The first-order chi connectivity index (χ1) is 15.0. The van der Waals surface area contributed by atoms with E-state index < -0.39 is 10.8 Å². The summed E-state index contributed by atoms with van der Waals surface area (Å²) in [6.45, 7) is 0.0962. The van der Waals surface area contributed by atoms with Crippen LogP contribution in [-0.2, 0) is 6.54 Å². The predicted molar refractivity (Wildman–Crippen MR) is 115 cm³/mol. The van der Waals surface area contributed by atoms with Gasteiger partial charge >= 0.3 is 0 Å². The van der Waals surface area contributed by atoms with Gasteiger partial charge < -0.3 is 13.9 Å². The van der Waals surface area contributed by atoms with E-state index in [0.29, 0.717) is 32.6 Å². The van der Waals surface area contributed by atoms with Gasteiger partial charge in [-0.1, -0.05) is 17.4 Å². The maximum absolute atomic E-state index is 13.4. The van der Waals surface area contributed by atoms with Crippen LogP contribution in [0.25, 0.3) is 10.2 Å². The molecule has 4 aromatic rings. The van der Waals surface area contributed by atoms with Crippen molar-refractivity contribution in [1.82, 2.24) is 4.98 Å². The number of aromatic nitrogens is 1. The zero-order valence-corrected chi connectivity index (χ0v) is 17.4. The van der Waals surface area contributed by atoms with Crippen LogP contribution in [0.1, 0.15) is 16.1 Å². The van der Waals surface area contributed by atoms with Gasteiger partial charge in [0.15, 0.2) is 5.13 Å². The van der Waals surface area contributed by atoms with Gasteiger partial charge in [0.05, 0.1) is 32.0 Å². The molecule has 0 bridgehead atoms. The molecule has 0 spiro atoms. The number of nitrogens with zero attached hydrogens (tertiary/aromatic N) is 3. The van der Waals surface area contributed by atoms with Gasteiger partial charge in [-0.15, -0.1) is 0 Å². The Morgan fingerprint density at radius 2 is 1.94 bits per heavy atom. The normalized spacial score (nSPS) is 10.8. The molecule has 2 heterocycles. The fourth-order valence-electron chi connectivity index (χ4n) is 3.08. The van der Waals surface area contributed by atoms with Crippen molar-refractivity contribution in [3.63, 3.8) is 0 Å². The van der Waals surface area contributed by atoms with Crippen LogP contribution >= 0.6 is 11.3 Å². The second-order valence-corrected chi connectivity index (χ2v) is 7.40. The van der Waals surface area contributed by atoms with Crippen molar-refractivity contribution in [2.24, 2.45) is 0 Å². The quantitative estimate of drug-likeness (QED) is 0.304. The van der Waals surface area contributed by atoms with Crippen molar-refractivity contribution in [1.29, 1.82) is 0 Å². The fraction of sp³-hybridized carbons (Fsp3) is 0.143. The molecule has 0 unspecified atom stereocenters. The van der Waals surface area contributed by atoms with Gasteiger partial charge in [0, 0.05) is 17.7 Å². The molecule has 0 radical (unpaired) electrons. The van der Waals surface area contributed by atoms with Crippen molar-refractivity contribution in [3.05, 3.63) is 76.2 Å². The summed E-state index contributed by atoms with van der Waals surface area (Å²) >= 11 is 1.25. The number of hydrogen-bond acceptors (Lipinski definition) is 8. The second kappa shape index (κ2) is 8.44. The van der Waals surface area contributed by atoms with Crippen molar-refractivity contribution in [2.75, 3.05) is 19.1 Å². The van der Waals surface area contributed by atoms with Crippen molar-refractivity contribution >= 4 is 38.3 Å². The fourth-order valence-corrected chi connectivity index (χ4v) is 4.15. The predicted octanol–water partition coefficient (Wildman–Crippen LogP) is 4.66. The van der Waals surface area contributed by atoms with Crippen LogP contribution in [0.4, 0.5) is 10.8 Å². The lowest BCUT2D eigenvalue weighted by Crippen LogP contribution is -2.30. The second-order valence-electron chi connectivity index (χ2n) is 6.42. The number of benzene rings is 2. The molecule has 0 aliphatic heterocycles. The standard InChI is InChI=1S/C21H17N3O6S/c1-28-16-8-9-17(29-2)19-18(16)22-21(31-19)23(12-15-7-4-10-30-15)20(25)13-5-3-6-14(11-13)24(26)27/h3-11H,12H2,1-2H3. The van der Waals surface area contributed by atoms with Crippen LogP contribution in [-0.4, -0.2) is 30.0 Å². The molecule has 0 atom stereocenters. The summed E-state index contributed by atoms with van der Waals surface area (Å²) in [7, 11) is 3.09. The SMILES string of the molecule is COc1ccc(OC)c2sc(N(Cc3ccco3)C(=O)c3cccc([N+](=O)[O-])c3)nc12. The zero-order valence-electron chi connectivity index (χ0n) is 16.6. The molecule has 4 rings (SSSR count). The van der Waals surface area contributed by atoms with E-state index in [2.05, 4.69) is 4.98 Å². The number of non-ortho nitro benzene ring substituents is 1. The van der Waals surface area contributed by atoms with Crippen molar-refractivity contribution in [3.8, 4) is 11.5 Å². The van der Waals surface area contributed by atoms with Crippen LogP contribution in [0.3, 0.4) is 0 Å². The highest BCUT2D eigenvalue weighted by Crippen LogP contribution is 2.40. The highest BCUT2D eigenvalue weighted by Gasteiger charge is 2.25. The highest BCUT2D eigenvalue weighted by molar-refractivity contribution is 7.22. The van der Waals surface area contributed by atoms with Crippen molar-refractivity contribution in [2.45, 2.75) is 6.54 Å². The number of methoxy groups -OCH3 is 2.